The van der Waals surface area contributed by atoms with Crippen LogP contribution in [0.15, 0.2) is 59.5 Å². The van der Waals surface area contributed by atoms with Gasteiger partial charge < -0.3 is 5.11 Å². The smallest absolute Gasteiger partial charge is 0.336 e. The maximum Gasteiger partial charge on any atom is 0.336 e. The van der Waals surface area contributed by atoms with Crippen LogP contribution in [0.3, 0.4) is 0 Å². The van der Waals surface area contributed by atoms with Crippen molar-refractivity contribution >= 4 is 11.9 Å². The van der Waals surface area contributed by atoms with Gasteiger partial charge in [0.25, 0.3) is 0 Å². The maximum absolute atomic E-state index is 12.8. The van der Waals surface area contributed by atoms with Crippen molar-refractivity contribution in [3.8, 4) is 11.1 Å². The fraction of sp³-hybridized carbons (Fsp3) is 0.292. The van der Waals surface area contributed by atoms with Crippen molar-refractivity contribution in [1.82, 2.24) is 9.13 Å². The van der Waals surface area contributed by atoms with E-state index < -0.39 is 5.97 Å². The number of hydrogen-bond acceptors (Lipinski definition) is 3. The monoisotopic (exact) mass is 406 g/mol. The number of carboxylic acid groups (broad SMARTS) is 1. The standard InChI is InChI=1S/C24H26N2O4/c1-3-5-8-19-16-26(22(27)4-2)24(30)25(19)15-17-11-13-18(14-12-17)20-9-6-7-10-21(20)23(28)29/h6-7,9-14,16H,3-5,8,15H2,1-2H3,(H,28,29). The molecule has 1 heterocycles. The van der Waals surface area contributed by atoms with E-state index in [1.54, 1.807) is 35.9 Å². The lowest BCUT2D eigenvalue weighted by Crippen LogP contribution is -2.29. The zero-order valence-electron chi connectivity index (χ0n) is 17.3. The van der Waals surface area contributed by atoms with Crippen LogP contribution in [0.1, 0.15) is 59.5 Å². The first kappa shape index (κ1) is 21.3. The number of carbonyl (C=O) groups is 2. The van der Waals surface area contributed by atoms with Gasteiger partial charge in [-0.15, -0.1) is 0 Å². The third-order valence-corrected chi connectivity index (χ3v) is 5.18. The predicted molar refractivity (Wildman–Crippen MR) is 116 cm³/mol. The first-order valence-electron chi connectivity index (χ1n) is 10.2. The van der Waals surface area contributed by atoms with Gasteiger partial charge in [-0.3, -0.25) is 9.36 Å². The Morgan fingerprint density at radius 1 is 1.00 bits per heavy atom. The summed E-state index contributed by atoms with van der Waals surface area (Å²) in [7, 11) is 0. The Labute approximate surface area is 175 Å². The summed E-state index contributed by atoms with van der Waals surface area (Å²) in [5.41, 5.74) is 3.15. The summed E-state index contributed by atoms with van der Waals surface area (Å²) in [6.07, 6.45) is 4.61. The molecule has 0 saturated heterocycles. The molecule has 6 heteroatoms. The molecule has 2 aromatic carbocycles. The molecule has 1 aromatic heterocycles. The van der Waals surface area contributed by atoms with Gasteiger partial charge in [0.05, 0.1) is 12.1 Å². The van der Waals surface area contributed by atoms with E-state index in [2.05, 4.69) is 6.92 Å². The van der Waals surface area contributed by atoms with E-state index in [9.17, 15) is 19.5 Å². The Kier molecular flexibility index (Phi) is 6.67. The van der Waals surface area contributed by atoms with Gasteiger partial charge >= 0.3 is 11.7 Å². The van der Waals surface area contributed by atoms with Crippen LogP contribution < -0.4 is 5.69 Å². The highest BCUT2D eigenvalue weighted by molar-refractivity contribution is 5.96. The molecule has 0 amide bonds. The normalized spacial score (nSPS) is 10.9. The van der Waals surface area contributed by atoms with Gasteiger partial charge in [0, 0.05) is 18.3 Å². The van der Waals surface area contributed by atoms with Crippen LogP contribution in [0.25, 0.3) is 11.1 Å². The number of aryl methyl sites for hydroxylation is 1. The molecule has 0 fully saturated rings. The topological polar surface area (TPSA) is 81.3 Å². The van der Waals surface area contributed by atoms with Gasteiger partial charge in [-0.25, -0.2) is 14.2 Å². The minimum absolute atomic E-state index is 0.211. The maximum atomic E-state index is 12.8. The SMILES string of the molecule is CCCCc1cn(C(=O)CC)c(=O)n1Cc1ccc(-c2ccccc2C(=O)O)cc1. The van der Waals surface area contributed by atoms with Crippen LogP contribution in [-0.4, -0.2) is 26.1 Å². The van der Waals surface area contributed by atoms with Crippen molar-refractivity contribution < 1.29 is 14.7 Å². The molecule has 156 valence electrons. The summed E-state index contributed by atoms with van der Waals surface area (Å²) < 4.78 is 2.87. The first-order valence-corrected chi connectivity index (χ1v) is 10.2. The molecule has 0 saturated carbocycles. The molecule has 6 nitrogen and oxygen atoms in total. The second kappa shape index (κ2) is 9.39. The number of aromatic carboxylic acids is 1. The molecule has 0 radical (unpaired) electrons. The predicted octanol–water partition coefficient (Wildman–Crippen LogP) is 4.46. The number of carboxylic acids is 1. The largest absolute Gasteiger partial charge is 0.478 e. The number of carbonyl (C=O) groups excluding carboxylic acids is 1. The Hall–Kier alpha value is -3.41. The van der Waals surface area contributed by atoms with E-state index in [4.69, 9.17) is 0 Å². The first-order chi connectivity index (χ1) is 14.5. The summed E-state index contributed by atoms with van der Waals surface area (Å²) in [6.45, 7) is 4.19. The molecule has 3 aromatic rings. The molecule has 30 heavy (non-hydrogen) atoms. The number of unbranched alkanes of at least 4 members (excludes halogenated alkanes) is 1. The summed E-state index contributed by atoms with van der Waals surface area (Å²) >= 11 is 0. The number of imidazole rings is 1. The van der Waals surface area contributed by atoms with E-state index in [1.807, 2.05) is 30.3 Å². The van der Waals surface area contributed by atoms with Crippen LogP contribution in [-0.2, 0) is 13.0 Å². The molecule has 0 aliphatic carbocycles. The van der Waals surface area contributed by atoms with Gasteiger partial charge in [-0.2, -0.15) is 0 Å². The number of benzene rings is 2. The third-order valence-electron chi connectivity index (χ3n) is 5.18. The molecular weight excluding hydrogens is 380 g/mol. The van der Waals surface area contributed by atoms with Gasteiger partial charge in [-0.05, 0) is 35.6 Å². The van der Waals surface area contributed by atoms with Crippen molar-refractivity contribution in [2.45, 2.75) is 46.1 Å². The van der Waals surface area contributed by atoms with E-state index in [-0.39, 0.29) is 23.6 Å². The lowest BCUT2D eigenvalue weighted by Gasteiger charge is -2.09. The Morgan fingerprint density at radius 3 is 2.33 bits per heavy atom. The summed E-state index contributed by atoms with van der Waals surface area (Å²) in [6, 6.07) is 14.4. The van der Waals surface area contributed by atoms with Gasteiger partial charge in [0.1, 0.15) is 0 Å². The minimum Gasteiger partial charge on any atom is -0.478 e. The van der Waals surface area contributed by atoms with E-state index in [0.29, 0.717) is 12.1 Å². The highest BCUT2D eigenvalue weighted by Crippen LogP contribution is 2.24. The van der Waals surface area contributed by atoms with Gasteiger partial charge in [-0.1, -0.05) is 62.7 Å². The highest BCUT2D eigenvalue weighted by atomic mass is 16.4. The number of nitrogens with zero attached hydrogens (tertiary/aromatic N) is 2. The van der Waals surface area contributed by atoms with Crippen molar-refractivity contribution in [2.75, 3.05) is 0 Å². The second-order valence-electron chi connectivity index (χ2n) is 7.26. The Bertz CT molecular complexity index is 1110. The fourth-order valence-corrected chi connectivity index (χ4v) is 3.50. The van der Waals surface area contributed by atoms with Crippen molar-refractivity contribution in [1.29, 1.82) is 0 Å². The molecule has 0 unspecified atom stereocenters. The molecule has 3 rings (SSSR count). The molecule has 0 atom stereocenters. The summed E-state index contributed by atoms with van der Waals surface area (Å²) in [5.74, 6) is -1.18. The van der Waals surface area contributed by atoms with Gasteiger partial charge in [0.2, 0.25) is 5.91 Å². The zero-order valence-corrected chi connectivity index (χ0v) is 17.3. The minimum atomic E-state index is -0.969. The zero-order chi connectivity index (χ0) is 21.7. The van der Waals surface area contributed by atoms with Crippen molar-refractivity contribution in [3.63, 3.8) is 0 Å². The number of rotatable bonds is 8. The summed E-state index contributed by atoms with van der Waals surface area (Å²) in [5, 5.41) is 9.41. The second-order valence-corrected chi connectivity index (χ2v) is 7.26. The molecule has 1 N–H and O–H groups in total. The molecular formula is C24H26N2O4. The Morgan fingerprint density at radius 2 is 1.70 bits per heavy atom. The van der Waals surface area contributed by atoms with E-state index in [1.165, 1.54) is 4.57 Å². The summed E-state index contributed by atoms with van der Waals surface area (Å²) in [4.78, 5) is 36.4. The average molecular weight is 406 g/mol. The van der Waals surface area contributed by atoms with Crippen LogP contribution >= 0.6 is 0 Å². The Balaban J connectivity index is 1.92. The lowest BCUT2D eigenvalue weighted by atomic mass is 9.99. The van der Waals surface area contributed by atoms with Crippen molar-refractivity contribution in [3.05, 3.63) is 82.0 Å². The van der Waals surface area contributed by atoms with Gasteiger partial charge in [0.15, 0.2) is 0 Å². The fourth-order valence-electron chi connectivity index (χ4n) is 3.50. The molecule has 0 bridgehead atoms. The number of hydrogen-bond donors (Lipinski definition) is 1. The van der Waals surface area contributed by atoms with Crippen LogP contribution in [0.5, 0.6) is 0 Å². The molecule has 0 aliphatic rings. The van der Waals surface area contributed by atoms with Crippen molar-refractivity contribution in [2.24, 2.45) is 0 Å². The highest BCUT2D eigenvalue weighted by Gasteiger charge is 2.16. The molecule has 0 aliphatic heterocycles. The van der Waals surface area contributed by atoms with Crippen LogP contribution in [0.4, 0.5) is 0 Å². The third kappa shape index (κ3) is 4.43. The average Bonchev–Trinajstić information content (AvgIpc) is 3.07. The lowest BCUT2D eigenvalue weighted by molar-refractivity contribution is 0.0697. The number of aromatic nitrogens is 2. The van der Waals surface area contributed by atoms with Crippen LogP contribution in [0, 0.1) is 0 Å². The van der Waals surface area contributed by atoms with E-state index >= 15 is 0 Å². The van der Waals surface area contributed by atoms with Crippen LogP contribution in [0.2, 0.25) is 0 Å². The quantitative estimate of drug-likeness (QED) is 0.599. The van der Waals surface area contributed by atoms with E-state index in [0.717, 1.165) is 36.1 Å². The molecule has 0 spiro atoms.